The van der Waals surface area contributed by atoms with Gasteiger partial charge in [0.05, 0.1) is 0 Å². The molecule has 17 heavy (non-hydrogen) atoms. The zero-order valence-electron chi connectivity index (χ0n) is 9.80. The molecule has 1 aromatic rings. The van der Waals surface area contributed by atoms with Crippen molar-refractivity contribution in [2.75, 3.05) is 18.1 Å². The van der Waals surface area contributed by atoms with Crippen LogP contribution >= 0.6 is 0 Å². The van der Waals surface area contributed by atoms with Crippen molar-refractivity contribution in [2.45, 2.75) is 12.8 Å². The van der Waals surface area contributed by atoms with Gasteiger partial charge in [-0.3, -0.25) is 4.79 Å². The molecule has 0 saturated carbocycles. The number of carbonyl (C=O) groups excluding carboxylic acids is 1. The average molecular weight is 231 g/mol. The average Bonchev–Trinajstić information content (AvgIpc) is 2.72. The third kappa shape index (κ3) is 2.56. The minimum absolute atomic E-state index is 0.153. The molecule has 1 heterocycles. The maximum absolute atomic E-state index is 11.8. The summed E-state index contributed by atoms with van der Waals surface area (Å²) in [7, 11) is 0. The van der Waals surface area contributed by atoms with E-state index in [2.05, 4.69) is 6.58 Å². The van der Waals surface area contributed by atoms with Crippen molar-refractivity contribution in [3.8, 4) is 0 Å². The van der Waals surface area contributed by atoms with Crippen molar-refractivity contribution in [1.82, 2.24) is 0 Å². The van der Waals surface area contributed by atoms with E-state index in [1.54, 1.807) is 4.90 Å². The maximum Gasteiger partial charge on any atom is 0.227 e. The van der Waals surface area contributed by atoms with Crippen molar-refractivity contribution < 1.29 is 9.90 Å². The second-order valence-electron chi connectivity index (χ2n) is 4.34. The number of hydrogen-bond acceptors (Lipinski definition) is 2. The third-order valence-electron chi connectivity index (χ3n) is 3.14. The van der Waals surface area contributed by atoms with Gasteiger partial charge in [-0.15, -0.1) is 6.58 Å². The van der Waals surface area contributed by atoms with Crippen molar-refractivity contribution in [3.05, 3.63) is 42.5 Å². The second kappa shape index (κ2) is 5.15. The van der Waals surface area contributed by atoms with Crippen LogP contribution in [0.1, 0.15) is 12.0 Å². The van der Waals surface area contributed by atoms with Gasteiger partial charge in [0.1, 0.15) is 0 Å². The Hall–Kier alpha value is -1.61. The van der Waals surface area contributed by atoms with Crippen molar-refractivity contribution in [2.24, 2.45) is 5.92 Å². The molecule has 0 bridgehead atoms. The molecular formula is C14H17NO2. The van der Waals surface area contributed by atoms with Crippen LogP contribution in [0, 0.1) is 5.92 Å². The molecule has 1 amide bonds. The molecule has 0 aliphatic carbocycles. The summed E-state index contributed by atoms with van der Waals surface area (Å²) < 4.78 is 0. The fourth-order valence-corrected chi connectivity index (χ4v) is 2.11. The highest BCUT2D eigenvalue weighted by molar-refractivity contribution is 5.95. The lowest BCUT2D eigenvalue weighted by atomic mass is 10.1. The number of aliphatic hydroxyl groups excluding tert-OH is 1. The number of anilines is 1. The Morgan fingerprint density at radius 1 is 1.41 bits per heavy atom. The first-order valence-corrected chi connectivity index (χ1v) is 5.87. The number of nitrogens with zero attached hydrogens (tertiary/aromatic N) is 1. The highest BCUT2D eigenvalue weighted by Crippen LogP contribution is 2.25. The van der Waals surface area contributed by atoms with Gasteiger partial charge in [-0.25, -0.2) is 0 Å². The van der Waals surface area contributed by atoms with Crippen LogP contribution in [0.15, 0.2) is 36.9 Å². The molecule has 1 fully saturated rings. The number of hydrogen-bond donors (Lipinski definition) is 1. The van der Waals surface area contributed by atoms with Crippen LogP contribution in [0.2, 0.25) is 0 Å². The smallest absolute Gasteiger partial charge is 0.227 e. The van der Waals surface area contributed by atoms with Gasteiger partial charge >= 0.3 is 0 Å². The summed E-state index contributed by atoms with van der Waals surface area (Å²) >= 11 is 0. The van der Waals surface area contributed by atoms with Gasteiger partial charge in [-0.2, -0.15) is 0 Å². The quantitative estimate of drug-likeness (QED) is 0.802. The van der Waals surface area contributed by atoms with Gasteiger partial charge < -0.3 is 10.0 Å². The SMILES string of the molecule is C=CC1CC(=O)N(c2ccc(CCO)cc2)C1. The Morgan fingerprint density at radius 2 is 2.12 bits per heavy atom. The lowest BCUT2D eigenvalue weighted by Crippen LogP contribution is -2.24. The fourth-order valence-electron chi connectivity index (χ4n) is 2.11. The lowest BCUT2D eigenvalue weighted by molar-refractivity contribution is -0.117. The summed E-state index contributed by atoms with van der Waals surface area (Å²) in [6.07, 6.45) is 3.06. The third-order valence-corrected chi connectivity index (χ3v) is 3.14. The van der Waals surface area contributed by atoms with Gasteiger partial charge in [-0.1, -0.05) is 18.2 Å². The molecule has 2 rings (SSSR count). The van der Waals surface area contributed by atoms with Crippen LogP contribution in [0.4, 0.5) is 5.69 Å². The van der Waals surface area contributed by atoms with Crippen LogP contribution in [-0.2, 0) is 11.2 Å². The monoisotopic (exact) mass is 231 g/mol. The zero-order valence-corrected chi connectivity index (χ0v) is 9.80. The Bertz CT molecular complexity index is 411. The van der Waals surface area contributed by atoms with E-state index in [0.717, 1.165) is 17.8 Å². The van der Waals surface area contributed by atoms with Gasteiger partial charge in [-0.05, 0) is 24.1 Å². The molecule has 0 spiro atoms. The van der Waals surface area contributed by atoms with Crippen LogP contribution in [-0.4, -0.2) is 24.2 Å². The van der Waals surface area contributed by atoms with Crippen molar-refractivity contribution >= 4 is 11.6 Å². The zero-order chi connectivity index (χ0) is 12.3. The highest BCUT2D eigenvalue weighted by Gasteiger charge is 2.28. The molecule has 90 valence electrons. The molecule has 1 saturated heterocycles. The minimum Gasteiger partial charge on any atom is -0.396 e. The molecule has 1 unspecified atom stereocenters. The topological polar surface area (TPSA) is 40.5 Å². The molecule has 0 radical (unpaired) electrons. The number of benzene rings is 1. The molecule has 1 aliphatic heterocycles. The van der Waals surface area contributed by atoms with Crippen LogP contribution in [0.3, 0.4) is 0 Å². The fraction of sp³-hybridized carbons (Fsp3) is 0.357. The normalized spacial score (nSPS) is 19.7. The Morgan fingerprint density at radius 3 is 2.65 bits per heavy atom. The van der Waals surface area contributed by atoms with Crippen molar-refractivity contribution in [1.29, 1.82) is 0 Å². The number of aliphatic hydroxyl groups is 1. The van der Waals surface area contributed by atoms with E-state index in [1.807, 2.05) is 30.3 Å². The first-order valence-electron chi connectivity index (χ1n) is 5.87. The predicted molar refractivity (Wildman–Crippen MR) is 67.9 cm³/mol. The molecule has 3 heteroatoms. The standard InChI is InChI=1S/C14H17NO2/c1-2-11-9-14(17)15(10-11)13-5-3-12(4-6-13)7-8-16/h2-6,11,16H,1,7-10H2. The Kier molecular flexibility index (Phi) is 3.59. The van der Waals surface area contributed by atoms with E-state index in [0.29, 0.717) is 12.8 Å². The van der Waals surface area contributed by atoms with E-state index in [9.17, 15) is 4.79 Å². The number of amides is 1. The second-order valence-corrected chi connectivity index (χ2v) is 4.34. The van der Waals surface area contributed by atoms with Crippen LogP contribution in [0.5, 0.6) is 0 Å². The minimum atomic E-state index is 0.153. The predicted octanol–water partition coefficient (Wildman–Crippen LogP) is 1.76. The van der Waals surface area contributed by atoms with Gasteiger partial charge in [0.2, 0.25) is 5.91 Å². The first kappa shape index (κ1) is 11.9. The van der Waals surface area contributed by atoms with Crippen molar-refractivity contribution in [3.63, 3.8) is 0 Å². The summed E-state index contributed by atoms with van der Waals surface area (Å²) in [6, 6.07) is 7.79. The molecule has 0 aromatic heterocycles. The summed E-state index contributed by atoms with van der Waals surface area (Å²) in [5, 5.41) is 8.83. The summed E-state index contributed by atoms with van der Waals surface area (Å²) in [4.78, 5) is 13.6. The van der Waals surface area contributed by atoms with Crippen LogP contribution < -0.4 is 4.90 Å². The molecule has 1 atom stereocenters. The van der Waals surface area contributed by atoms with Gasteiger partial charge in [0, 0.05) is 31.2 Å². The van der Waals surface area contributed by atoms with E-state index >= 15 is 0 Å². The van der Waals surface area contributed by atoms with E-state index < -0.39 is 0 Å². The molecule has 1 aliphatic rings. The van der Waals surface area contributed by atoms with Gasteiger partial charge in [0.25, 0.3) is 0 Å². The summed E-state index contributed by atoms with van der Waals surface area (Å²) in [5.41, 5.74) is 2.02. The summed E-state index contributed by atoms with van der Waals surface area (Å²) in [6.45, 7) is 4.61. The van der Waals surface area contributed by atoms with E-state index in [1.165, 1.54) is 0 Å². The molecule has 3 nitrogen and oxygen atoms in total. The van der Waals surface area contributed by atoms with E-state index in [4.69, 9.17) is 5.11 Å². The maximum atomic E-state index is 11.8. The Labute approximate surface area is 101 Å². The first-order chi connectivity index (χ1) is 8.24. The largest absolute Gasteiger partial charge is 0.396 e. The van der Waals surface area contributed by atoms with E-state index in [-0.39, 0.29) is 18.4 Å². The number of carbonyl (C=O) groups is 1. The van der Waals surface area contributed by atoms with Gasteiger partial charge in [0.15, 0.2) is 0 Å². The number of rotatable bonds is 4. The molecular weight excluding hydrogens is 214 g/mol. The molecule has 1 aromatic carbocycles. The highest BCUT2D eigenvalue weighted by atomic mass is 16.2. The summed E-state index contributed by atoms with van der Waals surface area (Å²) in [5.74, 6) is 0.421. The molecule has 1 N–H and O–H groups in total. The van der Waals surface area contributed by atoms with Crippen LogP contribution in [0.25, 0.3) is 0 Å². The lowest BCUT2D eigenvalue weighted by Gasteiger charge is -2.16. The Balaban J connectivity index is 2.12.